The summed E-state index contributed by atoms with van der Waals surface area (Å²) in [5.41, 5.74) is 1.96. The zero-order valence-electron chi connectivity index (χ0n) is 14.6. The summed E-state index contributed by atoms with van der Waals surface area (Å²) in [5, 5.41) is 10.7. The second kappa shape index (κ2) is 9.59. The molecule has 1 fully saturated rings. The molecule has 2 aromatic rings. The van der Waals surface area contributed by atoms with Gasteiger partial charge in [0.05, 0.1) is 18.4 Å². The number of anilines is 1. The molecule has 0 saturated carbocycles. The van der Waals surface area contributed by atoms with Crippen LogP contribution in [0.15, 0.2) is 42.7 Å². The lowest BCUT2D eigenvalue weighted by Gasteiger charge is -2.27. The van der Waals surface area contributed by atoms with Crippen molar-refractivity contribution in [2.75, 3.05) is 18.4 Å². The molecule has 1 aliphatic rings. The largest absolute Gasteiger partial charge is 0.323 e. The van der Waals surface area contributed by atoms with Gasteiger partial charge in [0.1, 0.15) is 0 Å². The molecule has 136 valence electrons. The first-order valence-electron chi connectivity index (χ1n) is 8.77. The van der Waals surface area contributed by atoms with E-state index >= 15 is 0 Å². The number of halogens is 1. The predicted octanol–water partition coefficient (Wildman–Crippen LogP) is 3.32. The van der Waals surface area contributed by atoms with Crippen LogP contribution in [0, 0.1) is 11.8 Å². The van der Waals surface area contributed by atoms with Crippen molar-refractivity contribution in [3.8, 4) is 0 Å². The smallest absolute Gasteiger partial charge is 0.224 e. The molecule has 0 radical (unpaired) electrons. The van der Waals surface area contributed by atoms with E-state index in [0.717, 1.165) is 18.8 Å². The van der Waals surface area contributed by atoms with Crippen LogP contribution < -0.4 is 10.6 Å². The van der Waals surface area contributed by atoms with Gasteiger partial charge in [-0.3, -0.25) is 9.48 Å². The van der Waals surface area contributed by atoms with Crippen LogP contribution in [0.3, 0.4) is 0 Å². The van der Waals surface area contributed by atoms with Crippen LogP contribution in [0.4, 0.5) is 5.69 Å². The lowest BCUT2D eigenvalue weighted by molar-refractivity contribution is -0.117. The van der Waals surface area contributed by atoms with Crippen molar-refractivity contribution in [1.29, 1.82) is 0 Å². The van der Waals surface area contributed by atoms with Crippen LogP contribution in [-0.4, -0.2) is 28.8 Å². The van der Waals surface area contributed by atoms with Gasteiger partial charge < -0.3 is 10.6 Å². The number of hydrogen-bond acceptors (Lipinski definition) is 3. The van der Waals surface area contributed by atoms with E-state index < -0.39 is 0 Å². The van der Waals surface area contributed by atoms with Gasteiger partial charge in [-0.25, -0.2) is 0 Å². The number of nitrogens with zero attached hydrogens (tertiary/aromatic N) is 2. The van der Waals surface area contributed by atoms with E-state index in [4.69, 9.17) is 0 Å². The molecule has 2 heterocycles. The third kappa shape index (κ3) is 5.87. The Bertz CT molecular complexity index is 652. The van der Waals surface area contributed by atoms with E-state index in [-0.39, 0.29) is 18.3 Å². The molecule has 2 N–H and O–H groups in total. The lowest BCUT2D eigenvalue weighted by Crippen LogP contribution is -2.32. The highest BCUT2D eigenvalue weighted by Gasteiger charge is 2.22. The van der Waals surface area contributed by atoms with Crippen LogP contribution in [0.1, 0.15) is 31.7 Å². The highest BCUT2D eigenvalue weighted by molar-refractivity contribution is 5.90. The van der Waals surface area contributed by atoms with Crippen molar-refractivity contribution in [1.82, 2.24) is 15.1 Å². The Labute approximate surface area is 155 Å². The molecule has 0 bridgehead atoms. The maximum Gasteiger partial charge on any atom is 0.224 e. The predicted molar refractivity (Wildman–Crippen MR) is 103 cm³/mol. The number of piperidine rings is 1. The van der Waals surface area contributed by atoms with Crippen LogP contribution >= 0.6 is 12.4 Å². The average Bonchev–Trinajstić information content (AvgIpc) is 3.03. The van der Waals surface area contributed by atoms with Crippen LogP contribution in [0.5, 0.6) is 0 Å². The maximum atomic E-state index is 12.3. The fourth-order valence-corrected chi connectivity index (χ4v) is 3.37. The van der Waals surface area contributed by atoms with Crippen molar-refractivity contribution in [2.45, 2.75) is 32.7 Å². The summed E-state index contributed by atoms with van der Waals surface area (Å²) in [6, 6.07) is 10.2. The number of rotatable bonds is 6. The normalized spacial score (nSPS) is 16.0. The Kier molecular flexibility index (Phi) is 7.47. The molecule has 5 nitrogen and oxygen atoms in total. The molecule has 3 rings (SSSR count). The Morgan fingerprint density at radius 2 is 2.04 bits per heavy atom. The van der Waals surface area contributed by atoms with Crippen LogP contribution in [0.25, 0.3) is 0 Å². The van der Waals surface area contributed by atoms with E-state index in [0.29, 0.717) is 24.8 Å². The van der Waals surface area contributed by atoms with Crippen molar-refractivity contribution >= 4 is 24.0 Å². The highest BCUT2D eigenvalue weighted by atomic mass is 35.5. The summed E-state index contributed by atoms with van der Waals surface area (Å²) in [6.45, 7) is 5.04. The fourth-order valence-electron chi connectivity index (χ4n) is 3.37. The van der Waals surface area contributed by atoms with Gasteiger partial charge in [0.2, 0.25) is 5.91 Å². The molecule has 0 aliphatic carbocycles. The second-order valence-electron chi connectivity index (χ2n) is 6.73. The van der Waals surface area contributed by atoms with E-state index in [9.17, 15) is 4.79 Å². The Morgan fingerprint density at radius 3 is 2.76 bits per heavy atom. The third-order valence-electron chi connectivity index (χ3n) is 4.80. The molecular formula is C19H27ClN4O. The van der Waals surface area contributed by atoms with Gasteiger partial charge in [0.25, 0.3) is 0 Å². The molecule has 25 heavy (non-hydrogen) atoms. The first-order valence-corrected chi connectivity index (χ1v) is 8.77. The van der Waals surface area contributed by atoms with E-state index in [1.54, 1.807) is 6.20 Å². The van der Waals surface area contributed by atoms with Crippen molar-refractivity contribution < 1.29 is 4.79 Å². The number of aromatic nitrogens is 2. The van der Waals surface area contributed by atoms with Gasteiger partial charge in [0, 0.05) is 12.6 Å². The number of carbonyl (C=O) groups is 1. The minimum atomic E-state index is 0. The molecule has 0 spiro atoms. The molecular weight excluding hydrogens is 336 g/mol. The molecule has 1 aliphatic heterocycles. The number of hydrogen-bond donors (Lipinski definition) is 2. The van der Waals surface area contributed by atoms with Gasteiger partial charge in [-0.2, -0.15) is 5.10 Å². The van der Waals surface area contributed by atoms with E-state index in [2.05, 4.69) is 34.8 Å². The van der Waals surface area contributed by atoms with Crippen LogP contribution in [-0.2, 0) is 11.3 Å². The standard InChI is InChI=1S/C19H26N4O.ClH/c1-15(17-7-9-20-10-8-17)11-19(24)22-18-12-21-23(14-18)13-16-5-3-2-4-6-16;/h2-6,12,14-15,17,20H,7-11,13H2,1H3,(H,22,24);1H. The summed E-state index contributed by atoms with van der Waals surface area (Å²) in [6.07, 6.45) is 6.53. The van der Waals surface area contributed by atoms with Gasteiger partial charge in [0.15, 0.2) is 0 Å². The van der Waals surface area contributed by atoms with Crippen molar-refractivity contribution in [3.63, 3.8) is 0 Å². The summed E-state index contributed by atoms with van der Waals surface area (Å²) in [4.78, 5) is 12.3. The molecule has 1 saturated heterocycles. The van der Waals surface area contributed by atoms with Crippen LogP contribution in [0.2, 0.25) is 0 Å². The molecule has 1 amide bonds. The van der Waals surface area contributed by atoms with Gasteiger partial charge >= 0.3 is 0 Å². The Balaban J connectivity index is 0.00000225. The molecule has 1 unspecified atom stereocenters. The number of carbonyl (C=O) groups excluding carboxylic acids is 1. The number of benzene rings is 1. The van der Waals surface area contributed by atoms with E-state index in [1.807, 2.05) is 29.1 Å². The van der Waals surface area contributed by atoms with E-state index in [1.165, 1.54) is 18.4 Å². The Morgan fingerprint density at radius 1 is 1.32 bits per heavy atom. The average molecular weight is 363 g/mol. The SMILES string of the molecule is CC(CC(=O)Nc1cnn(Cc2ccccc2)c1)C1CCNCC1.Cl. The van der Waals surface area contributed by atoms with Gasteiger partial charge in [-0.15, -0.1) is 12.4 Å². The molecule has 6 heteroatoms. The molecule has 1 aromatic heterocycles. The Hall–Kier alpha value is -1.85. The zero-order valence-corrected chi connectivity index (χ0v) is 15.5. The van der Waals surface area contributed by atoms with Gasteiger partial charge in [-0.1, -0.05) is 37.3 Å². The highest BCUT2D eigenvalue weighted by Crippen LogP contribution is 2.24. The minimum Gasteiger partial charge on any atom is -0.323 e. The quantitative estimate of drug-likeness (QED) is 0.828. The summed E-state index contributed by atoms with van der Waals surface area (Å²) in [5.74, 6) is 1.16. The number of nitrogens with one attached hydrogen (secondary N) is 2. The monoisotopic (exact) mass is 362 g/mol. The lowest BCUT2D eigenvalue weighted by atomic mass is 9.84. The topological polar surface area (TPSA) is 59.0 Å². The summed E-state index contributed by atoms with van der Waals surface area (Å²) < 4.78 is 1.85. The van der Waals surface area contributed by atoms with Gasteiger partial charge in [-0.05, 0) is 43.3 Å². The van der Waals surface area contributed by atoms with Crippen molar-refractivity contribution in [3.05, 3.63) is 48.3 Å². The van der Waals surface area contributed by atoms with Crippen molar-refractivity contribution in [2.24, 2.45) is 11.8 Å². The first-order chi connectivity index (χ1) is 11.7. The zero-order chi connectivity index (χ0) is 16.8. The number of amides is 1. The summed E-state index contributed by atoms with van der Waals surface area (Å²) >= 11 is 0. The molecule has 1 atom stereocenters. The maximum absolute atomic E-state index is 12.3. The minimum absolute atomic E-state index is 0. The fraction of sp³-hybridized carbons (Fsp3) is 0.474. The molecule has 1 aromatic carbocycles. The second-order valence-corrected chi connectivity index (χ2v) is 6.73. The first kappa shape index (κ1) is 19.5. The summed E-state index contributed by atoms with van der Waals surface area (Å²) in [7, 11) is 0. The third-order valence-corrected chi connectivity index (χ3v) is 4.80.